The monoisotopic (exact) mass is 300 g/mol. The number of aromatic nitrogens is 1. The Balaban J connectivity index is 2.20. The minimum Gasteiger partial charge on any atom is -0.379 e. The van der Waals surface area contributed by atoms with Crippen molar-refractivity contribution in [3.63, 3.8) is 0 Å². The summed E-state index contributed by atoms with van der Waals surface area (Å²) < 4.78 is 11.0. The highest BCUT2D eigenvalue weighted by molar-refractivity contribution is 7.09. The summed E-state index contributed by atoms with van der Waals surface area (Å²) in [5, 5.41) is 6.60. The minimum absolute atomic E-state index is 0.117. The Bertz CT molecular complexity index is 378. The van der Waals surface area contributed by atoms with Gasteiger partial charge < -0.3 is 14.8 Å². The molecule has 1 N–H and O–H groups in total. The van der Waals surface area contributed by atoms with Crippen LogP contribution in [0, 0.1) is 5.92 Å². The quantitative estimate of drug-likeness (QED) is 0.674. The predicted molar refractivity (Wildman–Crippen MR) is 84.0 cm³/mol. The van der Waals surface area contributed by atoms with Crippen molar-refractivity contribution in [1.29, 1.82) is 0 Å². The lowest BCUT2D eigenvalue weighted by molar-refractivity contribution is -0.0127. The van der Waals surface area contributed by atoms with E-state index >= 15 is 0 Å². The van der Waals surface area contributed by atoms with Crippen LogP contribution in [-0.2, 0) is 22.6 Å². The van der Waals surface area contributed by atoms with Crippen LogP contribution in [0.4, 0.5) is 0 Å². The van der Waals surface area contributed by atoms with Gasteiger partial charge in [0.1, 0.15) is 5.01 Å². The van der Waals surface area contributed by atoms with Crippen LogP contribution < -0.4 is 5.32 Å². The lowest BCUT2D eigenvalue weighted by Gasteiger charge is -2.22. The van der Waals surface area contributed by atoms with Gasteiger partial charge in [0.25, 0.3) is 0 Å². The molecular weight excluding hydrogens is 272 g/mol. The van der Waals surface area contributed by atoms with Crippen LogP contribution in [0.1, 0.15) is 44.8 Å². The van der Waals surface area contributed by atoms with Gasteiger partial charge in [-0.1, -0.05) is 13.8 Å². The van der Waals surface area contributed by atoms with Crippen LogP contribution in [0.5, 0.6) is 0 Å². The maximum Gasteiger partial charge on any atom is 0.107 e. The molecule has 0 saturated carbocycles. The van der Waals surface area contributed by atoms with Gasteiger partial charge >= 0.3 is 0 Å². The zero-order valence-electron chi connectivity index (χ0n) is 13.4. The molecule has 0 radical (unpaired) electrons. The number of hydrogen-bond acceptors (Lipinski definition) is 5. The summed E-state index contributed by atoms with van der Waals surface area (Å²) in [4.78, 5) is 4.56. The molecule has 4 nitrogen and oxygen atoms in total. The van der Waals surface area contributed by atoms with Crippen molar-refractivity contribution in [3.8, 4) is 0 Å². The summed E-state index contributed by atoms with van der Waals surface area (Å²) in [7, 11) is 1.73. The fourth-order valence-electron chi connectivity index (χ4n) is 1.56. The molecule has 0 aliphatic carbocycles. The van der Waals surface area contributed by atoms with Crippen molar-refractivity contribution >= 4 is 11.3 Å². The molecule has 5 heteroatoms. The fourth-order valence-corrected chi connectivity index (χ4v) is 2.31. The lowest BCUT2D eigenvalue weighted by atomic mass is 10.1. The minimum atomic E-state index is -0.117. The van der Waals surface area contributed by atoms with Crippen molar-refractivity contribution in [2.75, 3.05) is 20.3 Å². The van der Waals surface area contributed by atoms with E-state index in [1.807, 2.05) is 0 Å². The molecule has 1 aromatic rings. The molecule has 0 bridgehead atoms. The lowest BCUT2D eigenvalue weighted by Crippen LogP contribution is -2.24. The van der Waals surface area contributed by atoms with Crippen LogP contribution in [0.15, 0.2) is 5.38 Å². The molecule has 0 aromatic carbocycles. The summed E-state index contributed by atoms with van der Waals surface area (Å²) in [6.07, 6.45) is 0.885. The van der Waals surface area contributed by atoms with Gasteiger partial charge in [0.05, 0.1) is 17.9 Å². The van der Waals surface area contributed by atoms with Crippen molar-refractivity contribution in [2.24, 2.45) is 5.92 Å². The Labute approximate surface area is 126 Å². The zero-order valence-corrected chi connectivity index (χ0v) is 14.2. The fraction of sp³-hybridized carbons (Fsp3) is 0.800. The van der Waals surface area contributed by atoms with E-state index in [4.69, 9.17) is 9.47 Å². The summed E-state index contributed by atoms with van der Waals surface area (Å²) in [5.41, 5.74) is 0.903. The van der Waals surface area contributed by atoms with Crippen LogP contribution >= 0.6 is 11.3 Å². The highest BCUT2D eigenvalue weighted by atomic mass is 32.1. The number of hydrogen-bond donors (Lipinski definition) is 1. The molecule has 0 spiro atoms. The van der Waals surface area contributed by atoms with Crippen molar-refractivity contribution in [1.82, 2.24) is 10.3 Å². The molecule has 0 aliphatic rings. The Hall–Kier alpha value is -0.490. The largest absolute Gasteiger partial charge is 0.379 e. The Morgan fingerprint density at radius 3 is 2.80 bits per heavy atom. The molecule has 20 heavy (non-hydrogen) atoms. The summed E-state index contributed by atoms with van der Waals surface area (Å²) in [6, 6.07) is 0. The van der Waals surface area contributed by atoms with E-state index in [1.165, 1.54) is 0 Å². The first-order chi connectivity index (χ1) is 9.43. The van der Waals surface area contributed by atoms with Crippen molar-refractivity contribution in [2.45, 2.75) is 52.9 Å². The third kappa shape index (κ3) is 7.33. The van der Waals surface area contributed by atoms with E-state index in [2.05, 4.69) is 43.4 Å². The Morgan fingerprint density at radius 2 is 2.15 bits per heavy atom. The van der Waals surface area contributed by atoms with Crippen molar-refractivity contribution < 1.29 is 9.47 Å². The first-order valence-corrected chi connectivity index (χ1v) is 8.08. The SMILES string of the molecule is COC(C)(C)CCOCc1csc(CNCC(C)C)n1. The highest BCUT2D eigenvalue weighted by Gasteiger charge is 2.15. The molecule has 0 saturated heterocycles. The molecule has 0 fully saturated rings. The first-order valence-electron chi connectivity index (χ1n) is 7.20. The van der Waals surface area contributed by atoms with Gasteiger partial charge in [0, 0.05) is 25.6 Å². The van der Waals surface area contributed by atoms with Crippen molar-refractivity contribution in [3.05, 3.63) is 16.1 Å². The smallest absolute Gasteiger partial charge is 0.107 e. The highest BCUT2D eigenvalue weighted by Crippen LogP contribution is 2.14. The summed E-state index contributed by atoms with van der Waals surface area (Å²) in [6.45, 7) is 11.7. The van der Waals surface area contributed by atoms with Gasteiger partial charge in [-0.25, -0.2) is 4.98 Å². The second-order valence-corrected chi connectivity index (χ2v) is 6.97. The van der Waals surface area contributed by atoms with Crippen LogP contribution in [-0.4, -0.2) is 30.8 Å². The van der Waals surface area contributed by atoms with Gasteiger partial charge in [-0.15, -0.1) is 11.3 Å². The van der Waals surface area contributed by atoms with Gasteiger partial charge in [-0.2, -0.15) is 0 Å². The average Bonchev–Trinajstić information content (AvgIpc) is 2.82. The van der Waals surface area contributed by atoms with Gasteiger partial charge in [0.15, 0.2) is 0 Å². The Morgan fingerprint density at radius 1 is 1.40 bits per heavy atom. The van der Waals surface area contributed by atoms with Crippen LogP contribution in [0.2, 0.25) is 0 Å². The molecule has 0 amide bonds. The van der Waals surface area contributed by atoms with Gasteiger partial charge in [-0.3, -0.25) is 0 Å². The molecule has 1 aromatic heterocycles. The van der Waals surface area contributed by atoms with E-state index in [0.29, 0.717) is 19.1 Å². The number of thiazole rings is 1. The van der Waals surface area contributed by atoms with Crippen LogP contribution in [0.25, 0.3) is 0 Å². The van der Waals surface area contributed by atoms with E-state index in [1.54, 1.807) is 18.4 Å². The molecule has 116 valence electrons. The molecule has 1 rings (SSSR count). The Kier molecular flexibility index (Phi) is 7.66. The summed E-state index contributed by atoms with van der Waals surface area (Å²) in [5.74, 6) is 0.668. The van der Waals surface area contributed by atoms with E-state index in [9.17, 15) is 0 Å². The topological polar surface area (TPSA) is 43.4 Å². The maximum absolute atomic E-state index is 5.66. The first kappa shape index (κ1) is 17.6. The van der Waals surface area contributed by atoms with Crippen LogP contribution in [0.3, 0.4) is 0 Å². The van der Waals surface area contributed by atoms with E-state index in [0.717, 1.165) is 30.2 Å². The molecule has 0 unspecified atom stereocenters. The second-order valence-electron chi connectivity index (χ2n) is 6.02. The molecule has 1 heterocycles. The van der Waals surface area contributed by atoms with E-state index in [-0.39, 0.29) is 5.60 Å². The third-order valence-electron chi connectivity index (χ3n) is 3.08. The zero-order chi connectivity index (χ0) is 15.0. The number of rotatable bonds is 10. The molecule has 0 aliphatic heterocycles. The predicted octanol–water partition coefficient (Wildman–Crippen LogP) is 3.22. The number of ether oxygens (including phenoxy) is 2. The standard InChI is InChI=1S/C15H28N2O2S/c1-12(2)8-16-9-14-17-13(11-20-14)10-19-7-6-15(3,4)18-5/h11-12,16H,6-10H2,1-5H3. The average molecular weight is 300 g/mol. The normalized spacial score (nSPS) is 12.3. The number of nitrogens with zero attached hydrogens (tertiary/aromatic N) is 1. The van der Waals surface area contributed by atoms with Gasteiger partial charge in [-0.05, 0) is 32.7 Å². The summed E-state index contributed by atoms with van der Waals surface area (Å²) >= 11 is 1.69. The molecule has 0 atom stereocenters. The third-order valence-corrected chi connectivity index (χ3v) is 3.98. The van der Waals surface area contributed by atoms with E-state index < -0.39 is 0 Å². The second kappa shape index (κ2) is 8.72. The molecular formula is C15H28N2O2S. The van der Waals surface area contributed by atoms with Gasteiger partial charge in [0.2, 0.25) is 0 Å². The maximum atomic E-state index is 5.66. The number of methoxy groups -OCH3 is 1. The number of nitrogens with one attached hydrogen (secondary N) is 1.